The number of amides is 1. The summed E-state index contributed by atoms with van der Waals surface area (Å²) >= 11 is 1.59. The van der Waals surface area contributed by atoms with Gasteiger partial charge in [0.25, 0.3) is 5.91 Å². The van der Waals surface area contributed by atoms with Crippen molar-refractivity contribution in [2.45, 2.75) is 0 Å². The van der Waals surface area contributed by atoms with Gasteiger partial charge in [-0.1, -0.05) is 12.1 Å². The smallest absolute Gasteiger partial charge is 0.253 e. The maximum Gasteiger partial charge on any atom is 0.253 e. The summed E-state index contributed by atoms with van der Waals surface area (Å²) in [5, 5.41) is 4.08. The second-order valence-electron chi connectivity index (χ2n) is 9.58. The molecule has 2 fully saturated rings. The Balaban J connectivity index is 1.15. The molecule has 178 valence electrons. The van der Waals surface area contributed by atoms with Crippen LogP contribution in [0.3, 0.4) is 0 Å². The van der Waals surface area contributed by atoms with Gasteiger partial charge in [0, 0.05) is 60.4 Å². The van der Waals surface area contributed by atoms with E-state index < -0.39 is 5.82 Å². The van der Waals surface area contributed by atoms with E-state index in [1.54, 1.807) is 34.6 Å². The Morgan fingerprint density at radius 3 is 2.69 bits per heavy atom. The van der Waals surface area contributed by atoms with Crippen LogP contribution in [0.15, 0.2) is 72.4 Å². The number of carbonyl (C=O) groups excluding carboxylic acids is 1. The van der Waals surface area contributed by atoms with Gasteiger partial charge in [0.15, 0.2) is 0 Å². The average Bonchev–Trinajstić information content (AvgIpc) is 3.30. The highest BCUT2D eigenvalue weighted by Gasteiger charge is 2.49. The molecule has 2 aliphatic heterocycles. The minimum absolute atomic E-state index is 0.115. The molecule has 0 saturated carbocycles. The molecule has 1 spiro atoms. The lowest BCUT2D eigenvalue weighted by Crippen LogP contribution is -2.71. The number of pyridine rings is 1. The van der Waals surface area contributed by atoms with Crippen LogP contribution >= 0.6 is 11.3 Å². The number of ether oxygens (including phenoxy) is 1. The van der Waals surface area contributed by atoms with E-state index in [1.807, 2.05) is 48.0 Å². The van der Waals surface area contributed by atoms with Crippen molar-refractivity contribution in [2.75, 3.05) is 26.2 Å². The van der Waals surface area contributed by atoms with Crippen LogP contribution in [0.1, 0.15) is 10.4 Å². The SMILES string of the molecule is O=C(c1ccc(-c2ccc3c(Oc4ccc5scnc5c4)ccnc3c2)c(F)c1)N1CC2(CNC2)C1. The number of hydrogen-bond donors (Lipinski definition) is 1. The third-order valence-electron chi connectivity index (χ3n) is 7.10. The number of fused-ring (bicyclic) bond motifs is 2. The number of nitrogens with zero attached hydrogens (tertiary/aromatic N) is 3. The van der Waals surface area contributed by atoms with Gasteiger partial charge in [0.1, 0.15) is 17.3 Å². The van der Waals surface area contributed by atoms with E-state index in [0.29, 0.717) is 33.7 Å². The largest absolute Gasteiger partial charge is 0.457 e. The Labute approximate surface area is 210 Å². The van der Waals surface area contributed by atoms with Crippen molar-refractivity contribution in [1.82, 2.24) is 20.2 Å². The highest BCUT2D eigenvalue weighted by molar-refractivity contribution is 7.16. The highest BCUT2D eigenvalue weighted by Crippen LogP contribution is 2.36. The maximum atomic E-state index is 15.1. The number of likely N-dealkylation sites (tertiary alicyclic amines) is 1. The third-order valence-corrected chi connectivity index (χ3v) is 7.91. The molecule has 8 heteroatoms. The van der Waals surface area contributed by atoms with Crippen LogP contribution in [-0.4, -0.2) is 47.0 Å². The van der Waals surface area contributed by atoms with Gasteiger partial charge >= 0.3 is 0 Å². The first kappa shape index (κ1) is 21.4. The fourth-order valence-corrected chi connectivity index (χ4v) is 5.74. The Morgan fingerprint density at radius 2 is 1.89 bits per heavy atom. The summed E-state index contributed by atoms with van der Waals surface area (Å²) in [7, 11) is 0. The van der Waals surface area contributed by atoms with Crippen molar-refractivity contribution in [2.24, 2.45) is 5.41 Å². The van der Waals surface area contributed by atoms with Crippen molar-refractivity contribution in [3.05, 3.63) is 83.8 Å². The molecule has 3 aromatic carbocycles. The Hall–Kier alpha value is -3.88. The minimum atomic E-state index is -0.426. The summed E-state index contributed by atoms with van der Waals surface area (Å²) in [4.78, 5) is 23.4. The average molecular weight is 497 g/mol. The number of benzene rings is 3. The van der Waals surface area contributed by atoms with Crippen molar-refractivity contribution in [1.29, 1.82) is 0 Å². The normalized spacial score (nSPS) is 16.2. The van der Waals surface area contributed by atoms with Gasteiger partial charge in [-0.15, -0.1) is 11.3 Å². The zero-order valence-electron chi connectivity index (χ0n) is 19.2. The van der Waals surface area contributed by atoms with Crippen LogP contribution in [0.2, 0.25) is 0 Å². The minimum Gasteiger partial charge on any atom is -0.457 e. The van der Waals surface area contributed by atoms with Gasteiger partial charge in [-0.3, -0.25) is 9.78 Å². The number of carbonyl (C=O) groups is 1. The molecule has 0 unspecified atom stereocenters. The third kappa shape index (κ3) is 3.53. The van der Waals surface area contributed by atoms with E-state index in [1.165, 1.54) is 6.07 Å². The maximum absolute atomic E-state index is 15.1. The van der Waals surface area contributed by atoms with Crippen LogP contribution in [0, 0.1) is 11.2 Å². The number of thiazole rings is 1. The molecule has 5 aromatic rings. The van der Waals surface area contributed by atoms with E-state index in [0.717, 1.165) is 41.8 Å². The summed E-state index contributed by atoms with van der Waals surface area (Å²) in [6.07, 6.45) is 1.68. The summed E-state index contributed by atoms with van der Waals surface area (Å²) < 4.78 is 22.4. The van der Waals surface area contributed by atoms with Crippen LogP contribution in [-0.2, 0) is 0 Å². The molecule has 2 aliphatic rings. The van der Waals surface area contributed by atoms with Gasteiger partial charge in [-0.05, 0) is 48.0 Å². The molecule has 0 bridgehead atoms. The predicted molar refractivity (Wildman–Crippen MR) is 138 cm³/mol. The second-order valence-corrected chi connectivity index (χ2v) is 10.5. The second kappa shape index (κ2) is 8.08. The molecule has 6 nitrogen and oxygen atoms in total. The predicted octanol–water partition coefficient (Wildman–Crippen LogP) is 5.49. The molecule has 0 atom stereocenters. The van der Waals surface area contributed by atoms with E-state index in [4.69, 9.17) is 4.74 Å². The van der Waals surface area contributed by atoms with Crippen LogP contribution in [0.25, 0.3) is 32.2 Å². The molecule has 1 amide bonds. The van der Waals surface area contributed by atoms with Crippen molar-refractivity contribution in [3.8, 4) is 22.6 Å². The van der Waals surface area contributed by atoms with E-state index in [-0.39, 0.29) is 11.3 Å². The first-order valence-electron chi connectivity index (χ1n) is 11.8. The monoisotopic (exact) mass is 496 g/mol. The molecule has 1 N–H and O–H groups in total. The Bertz CT molecular complexity index is 1650. The molecule has 0 aliphatic carbocycles. The van der Waals surface area contributed by atoms with Crippen molar-refractivity contribution < 1.29 is 13.9 Å². The van der Waals surface area contributed by atoms with E-state index in [2.05, 4.69) is 15.3 Å². The number of aromatic nitrogens is 2. The van der Waals surface area contributed by atoms with E-state index >= 15 is 4.39 Å². The van der Waals surface area contributed by atoms with Gasteiger partial charge in [0.05, 0.1) is 21.2 Å². The quantitative estimate of drug-likeness (QED) is 0.357. The summed E-state index contributed by atoms with van der Waals surface area (Å²) in [5.74, 6) is 0.815. The molecule has 0 radical (unpaired) electrons. The van der Waals surface area contributed by atoms with Gasteiger partial charge in [-0.25, -0.2) is 9.37 Å². The van der Waals surface area contributed by atoms with Crippen molar-refractivity contribution >= 4 is 38.4 Å². The van der Waals surface area contributed by atoms with Crippen LogP contribution in [0.5, 0.6) is 11.5 Å². The molecule has 7 rings (SSSR count). The molecule has 4 heterocycles. The highest BCUT2D eigenvalue weighted by atomic mass is 32.1. The molecular formula is C28H21FN4O2S. The molecule has 2 saturated heterocycles. The molecule has 2 aromatic heterocycles. The van der Waals surface area contributed by atoms with Gasteiger partial charge in [-0.2, -0.15) is 0 Å². The standard InChI is InChI=1S/C28H21FN4O2S/c29-22-9-18(27(34)33-14-28(15-33)12-30-13-28)2-4-20(22)17-1-5-21-23(10-17)31-8-7-25(21)35-19-3-6-26-24(11-19)32-16-36-26/h1-11,16,30H,12-15H2. The number of halogens is 1. The fourth-order valence-electron chi connectivity index (χ4n) is 5.08. The first-order chi connectivity index (χ1) is 17.6. The van der Waals surface area contributed by atoms with Gasteiger partial charge < -0.3 is 15.0 Å². The lowest BCUT2D eigenvalue weighted by molar-refractivity contribution is -0.0248. The zero-order valence-corrected chi connectivity index (χ0v) is 20.0. The molecule has 36 heavy (non-hydrogen) atoms. The number of hydrogen-bond acceptors (Lipinski definition) is 6. The lowest BCUT2D eigenvalue weighted by atomic mass is 9.74. The Kier molecular flexibility index (Phi) is 4.80. The Morgan fingerprint density at radius 1 is 1.00 bits per heavy atom. The summed E-state index contributed by atoms with van der Waals surface area (Å²) in [6, 6.07) is 17.9. The van der Waals surface area contributed by atoms with Crippen LogP contribution in [0.4, 0.5) is 4.39 Å². The fraction of sp³-hybridized carbons (Fsp3) is 0.179. The van der Waals surface area contributed by atoms with Crippen LogP contribution < -0.4 is 10.1 Å². The van der Waals surface area contributed by atoms with E-state index in [9.17, 15) is 4.79 Å². The zero-order chi connectivity index (χ0) is 24.3. The molecular weight excluding hydrogens is 475 g/mol. The topological polar surface area (TPSA) is 67.3 Å². The summed E-state index contributed by atoms with van der Waals surface area (Å²) in [5.41, 5.74) is 5.14. The van der Waals surface area contributed by atoms with Gasteiger partial charge in [0.2, 0.25) is 0 Å². The number of rotatable bonds is 4. The number of nitrogens with one attached hydrogen (secondary N) is 1. The lowest BCUT2D eigenvalue weighted by Gasteiger charge is -2.56. The summed E-state index contributed by atoms with van der Waals surface area (Å²) in [6.45, 7) is 3.38. The first-order valence-corrected chi connectivity index (χ1v) is 12.6. The van der Waals surface area contributed by atoms with Crippen molar-refractivity contribution in [3.63, 3.8) is 0 Å².